The third kappa shape index (κ3) is 9.84. The molecule has 45 heavy (non-hydrogen) atoms. The van der Waals surface area contributed by atoms with Gasteiger partial charge in [-0.15, -0.1) is 0 Å². The second-order valence-corrected chi connectivity index (χ2v) is 15.3. The van der Waals surface area contributed by atoms with Crippen molar-refractivity contribution in [3.05, 3.63) is 83.3 Å². The first-order chi connectivity index (χ1) is 21.1. The number of carbonyl (C=O) groups excluding carboxylic acids is 1. The van der Waals surface area contributed by atoms with Crippen LogP contribution in [0.15, 0.2) is 60.7 Å². The fourth-order valence-corrected chi connectivity index (χ4v) is 5.15. The van der Waals surface area contributed by atoms with Gasteiger partial charge in [-0.05, 0) is 42.3 Å². The predicted molar refractivity (Wildman–Crippen MR) is 174 cm³/mol. The highest BCUT2D eigenvalue weighted by atomic mass is 35.6. The molecule has 1 aliphatic heterocycles. The van der Waals surface area contributed by atoms with E-state index in [4.69, 9.17) is 49.0 Å². The van der Waals surface area contributed by atoms with E-state index in [1.807, 2.05) is 13.8 Å². The van der Waals surface area contributed by atoms with E-state index in [9.17, 15) is 17.6 Å². The molecule has 1 unspecified atom stereocenters. The van der Waals surface area contributed by atoms with E-state index >= 15 is 0 Å². The zero-order valence-corrected chi connectivity index (χ0v) is 28.1. The molecule has 0 bridgehead atoms. The third-order valence-corrected chi connectivity index (χ3v) is 8.36. The maximum absolute atomic E-state index is 13.9. The summed E-state index contributed by atoms with van der Waals surface area (Å²) in [5.41, 5.74) is 2.47. The van der Waals surface area contributed by atoms with Crippen molar-refractivity contribution in [3.8, 4) is 11.3 Å². The fraction of sp³-hybridized carbons (Fsp3) is 0.387. The number of alkyl halides is 3. The summed E-state index contributed by atoms with van der Waals surface area (Å²) < 4.78 is 55.5. The second kappa shape index (κ2) is 14.7. The quantitative estimate of drug-likeness (QED) is 0.166. The summed E-state index contributed by atoms with van der Waals surface area (Å²) in [6.45, 7) is 3.57. The smallest absolute Gasteiger partial charge is 0.338 e. The van der Waals surface area contributed by atoms with Crippen molar-refractivity contribution < 1.29 is 31.8 Å². The normalized spacial score (nSPS) is 19.2. The minimum Gasteiger partial charge on any atom is -0.458 e. The van der Waals surface area contributed by atoms with E-state index in [0.29, 0.717) is 34.5 Å². The lowest BCUT2D eigenvalue weighted by atomic mass is 9.96. The number of rotatable bonds is 10. The van der Waals surface area contributed by atoms with Crippen molar-refractivity contribution in [1.29, 1.82) is 0 Å². The summed E-state index contributed by atoms with van der Waals surface area (Å²) in [6.07, 6.45) is 3.00. The molecule has 3 aromatic rings. The monoisotopic (exact) mass is 699 g/mol. The Morgan fingerprint density at radius 3 is 2.38 bits per heavy atom. The first kappa shape index (κ1) is 35.1. The Kier molecular flexibility index (Phi) is 11.5. The van der Waals surface area contributed by atoms with Crippen molar-refractivity contribution in [3.63, 3.8) is 0 Å². The maximum atomic E-state index is 13.9. The van der Waals surface area contributed by atoms with Gasteiger partial charge in [-0.2, -0.15) is 0 Å². The van der Waals surface area contributed by atoms with Gasteiger partial charge in [-0.1, -0.05) is 79.0 Å². The van der Waals surface area contributed by atoms with Crippen molar-refractivity contribution in [1.82, 2.24) is 9.97 Å². The second-order valence-electron chi connectivity index (χ2n) is 10.8. The number of aromatic nitrogens is 2. The van der Waals surface area contributed by atoms with Gasteiger partial charge in [0.1, 0.15) is 11.9 Å². The van der Waals surface area contributed by atoms with Crippen molar-refractivity contribution >= 4 is 62.8 Å². The minimum absolute atomic E-state index is 0.0281. The highest BCUT2D eigenvalue weighted by molar-refractivity contribution is 7.92. The van der Waals surface area contributed by atoms with Crippen LogP contribution in [0.25, 0.3) is 17.3 Å². The van der Waals surface area contributed by atoms with Crippen LogP contribution >= 0.6 is 34.8 Å². The standard InChI is InChI=1S/C31H33Cl3FN3O6S/c1-19(2)27-25(28(20-10-12-22(35)13-11-20)37-30(36-27)38(3)45(4,40)41)15-14-23-16-24(17-26(43-23)42-18-31(32,33)34)44-29(39)21-8-6-5-7-9-21/h5-15,19,23-24,26H,16-18H2,1-4H3/b15-14+/t23-,24-,26?/m1/s1. The number of halogens is 4. The highest BCUT2D eigenvalue weighted by Gasteiger charge is 2.34. The molecule has 0 spiro atoms. The number of benzene rings is 2. The molecular weight excluding hydrogens is 668 g/mol. The molecule has 2 heterocycles. The summed E-state index contributed by atoms with van der Waals surface area (Å²) in [5.74, 6) is -1.12. The van der Waals surface area contributed by atoms with Crippen LogP contribution in [0, 0.1) is 5.82 Å². The number of nitrogens with zero attached hydrogens (tertiary/aromatic N) is 3. The largest absolute Gasteiger partial charge is 0.458 e. The molecule has 0 aliphatic carbocycles. The highest BCUT2D eigenvalue weighted by Crippen LogP contribution is 2.34. The molecule has 1 aromatic heterocycles. The van der Waals surface area contributed by atoms with Crippen LogP contribution in [0.1, 0.15) is 54.2 Å². The summed E-state index contributed by atoms with van der Waals surface area (Å²) in [6, 6.07) is 14.3. The number of carbonyl (C=O) groups is 1. The number of hydrogen-bond acceptors (Lipinski definition) is 8. The Balaban J connectivity index is 1.72. The SMILES string of the molecule is CC(C)c1nc(N(C)S(C)(=O)=O)nc(-c2ccc(F)cc2)c1/C=C/[C@@H]1C[C@@H](OC(=O)c2ccccc2)CC(OCC(Cl)(Cl)Cl)O1. The van der Waals surface area contributed by atoms with Gasteiger partial charge in [0.25, 0.3) is 0 Å². The summed E-state index contributed by atoms with van der Waals surface area (Å²) >= 11 is 17.7. The van der Waals surface area contributed by atoms with Crippen LogP contribution in [-0.2, 0) is 24.2 Å². The first-order valence-corrected chi connectivity index (χ1v) is 17.0. The summed E-state index contributed by atoms with van der Waals surface area (Å²) in [5, 5.41) is 0. The Bertz CT molecular complexity index is 1620. The average Bonchev–Trinajstić information content (AvgIpc) is 2.98. The molecule has 0 radical (unpaired) electrons. The summed E-state index contributed by atoms with van der Waals surface area (Å²) in [4.78, 5) is 22.0. The average molecular weight is 701 g/mol. The van der Waals surface area contributed by atoms with Gasteiger partial charge in [0.2, 0.25) is 19.8 Å². The van der Waals surface area contributed by atoms with E-state index in [2.05, 4.69) is 9.97 Å². The van der Waals surface area contributed by atoms with Crippen molar-refractivity contribution in [2.45, 2.75) is 54.9 Å². The molecule has 1 saturated heterocycles. The summed E-state index contributed by atoms with van der Waals surface area (Å²) in [7, 11) is -2.31. The van der Waals surface area contributed by atoms with Crippen molar-refractivity contribution in [2.24, 2.45) is 0 Å². The van der Waals surface area contributed by atoms with Crippen molar-refractivity contribution in [2.75, 3.05) is 24.2 Å². The Labute approximate surface area is 277 Å². The van der Waals surface area contributed by atoms with E-state index in [1.54, 1.807) is 54.6 Å². The number of ether oxygens (including phenoxy) is 3. The predicted octanol–water partition coefficient (Wildman–Crippen LogP) is 6.93. The van der Waals surface area contributed by atoms with Gasteiger partial charge in [-0.25, -0.2) is 31.9 Å². The lowest BCUT2D eigenvalue weighted by Crippen LogP contribution is -2.39. The zero-order valence-electron chi connectivity index (χ0n) is 25.0. The Hall–Kier alpha value is -2.80. The third-order valence-electron chi connectivity index (χ3n) is 6.88. The van der Waals surface area contributed by atoms with Crippen LogP contribution < -0.4 is 4.31 Å². The van der Waals surface area contributed by atoms with E-state index in [0.717, 1.165) is 10.6 Å². The molecule has 9 nitrogen and oxygen atoms in total. The molecular formula is C31H33Cl3FN3O6S. The fourth-order valence-electron chi connectivity index (χ4n) is 4.58. The molecule has 0 amide bonds. The van der Waals surface area contributed by atoms with Crippen LogP contribution in [0.2, 0.25) is 0 Å². The zero-order chi connectivity index (χ0) is 32.9. The van der Waals surface area contributed by atoms with Gasteiger partial charge in [-0.3, -0.25) is 0 Å². The lowest BCUT2D eigenvalue weighted by molar-refractivity contribution is -0.203. The van der Waals surface area contributed by atoms with Crippen LogP contribution in [-0.4, -0.2) is 66.6 Å². The van der Waals surface area contributed by atoms with Gasteiger partial charge in [0.05, 0.1) is 35.9 Å². The lowest BCUT2D eigenvalue weighted by Gasteiger charge is -2.34. The molecule has 14 heteroatoms. The van der Waals surface area contributed by atoms with Gasteiger partial charge < -0.3 is 14.2 Å². The van der Waals surface area contributed by atoms with Gasteiger partial charge in [0.15, 0.2) is 6.29 Å². The number of anilines is 1. The molecule has 0 N–H and O–H groups in total. The van der Waals surface area contributed by atoms with Crippen LogP contribution in [0.4, 0.5) is 10.3 Å². The van der Waals surface area contributed by atoms with Crippen LogP contribution in [0.3, 0.4) is 0 Å². The Morgan fingerprint density at radius 1 is 1.11 bits per heavy atom. The number of hydrogen-bond donors (Lipinski definition) is 0. The molecule has 1 aliphatic rings. The minimum atomic E-state index is -3.68. The maximum Gasteiger partial charge on any atom is 0.338 e. The Morgan fingerprint density at radius 2 is 1.78 bits per heavy atom. The number of sulfonamides is 1. The topological polar surface area (TPSA) is 108 Å². The van der Waals surface area contributed by atoms with E-state index in [1.165, 1.54) is 19.2 Å². The molecule has 0 saturated carbocycles. The first-order valence-electron chi connectivity index (χ1n) is 14.0. The molecule has 2 aromatic carbocycles. The molecule has 242 valence electrons. The van der Waals surface area contributed by atoms with Crippen LogP contribution in [0.5, 0.6) is 0 Å². The molecule has 1 fully saturated rings. The number of esters is 1. The van der Waals surface area contributed by atoms with E-state index in [-0.39, 0.29) is 24.9 Å². The molecule has 3 atom stereocenters. The van der Waals surface area contributed by atoms with E-state index < -0.39 is 44.1 Å². The van der Waals surface area contributed by atoms with Gasteiger partial charge >= 0.3 is 5.97 Å². The molecule has 4 rings (SSSR count). The van der Waals surface area contributed by atoms with Gasteiger partial charge in [0, 0.05) is 31.0 Å².